The van der Waals surface area contributed by atoms with Gasteiger partial charge in [-0.1, -0.05) is 42.5 Å². The number of hydrogen-bond acceptors (Lipinski definition) is 3. The molecule has 4 heteroatoms. The molecule has 1 aromatic carbocycles. The van der Waals surface area contributed by atoms with Gasteiger partial charge in [-0.3, -0.25) is 9.59 Å². The molecule has 0 fully saturated rings. The molecule has 0 aliphatic carbocycles. The van der Waals surface area contributed by atoms with Crippen molar-refractivity contribution < 1.29 is 14.7 Å². The molecular weight excluding hydrogens is 224 g/mol. The molecule has 0 amide bonds. The average Bonchev–Trinajstić information content (AvgIpc) is 2.30. The molecular formula is C12H12O3S. The van der Waals surface area contributed by atoms with E-state index in [-0.39, 0.29) is 6.42 Å². The van der Waals surface area contributed by atoms with Crippen LogP contribution in [0.15, 0.2) is 30.3 Å². The van der Waals surface area contributed by atoms with Gasteiger partial charge in [0, 0.05) is 5.37 Å². The molecule has 0 saturated heterocycles. The third-order valence-electron chi connectivity index (χ3n) is 2.32. The fourth-order valence-corrected chi connectivity index (χ4v) is 1.59. The summed E-state index contributed by atoms with van der Waals surface area (Å²) in [6.07, 6.45) is 0.845. The van der Waals surface area contributed by atoms with Gasteiger partial charge in [0.05, 0.1) is 0 Å². The van der Waals surface area contributed by atoms with Gasteiger partial charge in [0.15, 0.2) is 5.78 Å². The fourth-order valence-electron chi connectivity index (χ4n) is 1.43. The van der Waals surface area contributed by atoms with Gasteiger partial charge in [0.25, 0.3) is 0 Å². The third-order valence-corrected chi connectivity index (χ3v) is 2.55. The van der Waals surface area contributed by atoms with Crippen molar-refractivity contribution in [3.05, 3.63) is 35.9 Å². The van der Waals surface area contributed by atoms with Gasteiger partial charge in [-0.15, -0.1) is 0 Å². The number of ketones is 1. The Bertz CT molecular complexity index is 387. The number of carboxylic acid groups (broad SMARTS) is 1. The van der Waals surface area contributed by atoms with Crippen LogP contribution in [-0.2, 0) is 16.0 Å². The van der Waals surface area contributed by atoms with Gasteiger partial charge in [-0.25, -0.2) is 0 Å². The zero-order valence-electron chi connectivity index (χ0n) is 8.63. The Morgan fingerprint density at radius 3 is 2.44 bits per heavy atom. The predicted molar refractivity (Wildman–Crippen MR) is 64.6 cm³/mol. The second-order valence-electron chi connectivity index (χ2n) is 3.44. The van der Waals surface area contributed by atoms with Crippen LogP contribution in [-0.4, -0.2) is 22.2 Å². The lowest BCUT2D eigenvalue weighted by Gasteiger charge is -2.08. The minimum atomic E-state index is -1.11. The Balaban J connectivity index is 2.61. The summed E-state index contributed by atoms with van der Waals surface area (Å²) in [4.78, 5) is 22.1. The molecule has 0 heterocycles. The quantitative estimate of drug-likeness (QED) is 0.605. The molecule has 0 saturated carbocycles. The first-order valence-electron chi connectivity index (χ1n) is 4.91. The topological polar surface area (TPSA) is 54.4 Å². The van der Waals surface area contributed by atoms with E-state index in [2.05, 4.69) is 12.2 Å². The summed E-state index contributed by atoms with van der Waals surface area (Å²) in [6, 6.07) is 9.46. The molecule has 0 bridgehead atoms. The number of carboxylic acids is 1. The van der Waals surface area contributed by atoms with Crippen LogP contribution >= 0.6 is 12.2 Å². The lowest BCUT2D eigenvalue weighted by atomic mass is 9.96. The van der Waals surface area contributed by atoms with Crippen molar-refractivity contribution >= 4 is 29.3 Å². The summed E-state index contributed by atoms with van der Waals surface area (Å²) in [5.41, 5.74) is 1.02. The summed E-state index contributed by atoms with van der Waals surface area (Å²) >= 11 is 4.46. The van der Waals surface area contributed by atoms with E-state index in [0.29, 0.717) is 6.42 Å². The maximum Gasteiger partial charge on any atom is 0.314 e. The monoisotopic (exact) mass is 236 g/mol. The van der Waals surface area contributed by atoms with Gasteiger partial charge < -0.3 is 5.11 Å². The van der Waals surface area contributed by atoms with Crippen molar-refractivity contribution in [1.29, 1.82) is 0 Å². The molecule has 0 unspecified atom stereocenters. The highest BCUT2D eigenvalue weighted by Gasteiger charge is 2.23. The lowest BCUT2D eigenvalue weighted by Crippen LogP contribution is -2.24. The minimum absolute atomic E-state index is 0.283. The largest absolute Gasteiger partial charge is 0.481 e. The van der Waals surface area contributed by atoms with Crippen molar-refractivity contribution in [2.75, 3.05) is 0 Å². The van der Waals surface area contributed by atoms with E-state index in [1.54, 1.807) is 0 Å². The van der Waals surface area contributed by atoms with Crippen molar-refractivity contribution in [2.24, 2.45) is 5.92 Å². The first-order valence-corrected chi connectivity index (χ1v) is 5.38. The maximum atomic E-state index is 11.2. The number of carbonyl (C=O) groups excluding carboxylic acids is 1. The molecule has 1 aromatic rings. The van der Waals surface area contributed by atoms with Gasteiger partial charge in [0.1, 0.15) is 5.92 Å². The summed E-state index contributed by atoms with van der Waals surface area (Å²) in [7, 11) is 0. The molecule has 0 radical (unpaired) electrons. The van der Waals surface area contributed by atoms with Gasteiger partial charge in [0.2, 0.25) is 0 Å². The normalized spacial score (nSPS) is 11.8. The summed E-state index contributed by atoms with van der Waals surface area (Å²) in [5.74, 6) is -2.63. The Labute approximate surface area is 99.1 Å². The Kier molecular flexibility index (Phi) is 4.79. The molecule has 1 atom stereocenters. The second-order valence-corrected chi connectivity index (χ2v) is 3.67. The fraction of sp³-hybridized carbons (Fsp3) is 0.250. The highest BCUT2D eigenvalue weighted by atomic mass is 32.1. The van der Waals surface area contributed by atoms with Crippen LogP contribution in [0.5, 0.6) is 0 Å². The average molecular weight is 236 g/mol. The Morgan fingerprint density at radius 1 is 1.31 bits per heavy atom. The maximum absolute atomic E-state index is 11.2. The first kappa shape index (κ1) is 12.5. The highest BCUT2D eigenvalue weighted by Crippen LogP contribution is 2.11. The van der Waals surface area contributed by atoms with Crippen LogP contribution < -0.4 is 0 Å². The molecule has 84 valence electrons. The van der Waals surface area contributed by atoms with E-state index in [1.165, 1.54) is 0 Å². The molecule has 3 nitrogen and oxygen atoms in total. The second kappa shape index (κ2) is 6.12. The van der Waals surface area contributed by atoms with E-state index in [9.17, 15) is 9.59 Å². The molecule has 0 aliphatic heterocycles. The summed E-state index contributed by atoms with van der Waals surface area (Å²) in [6.45, 7) is 0. The Hall–Kier alpha value is -1.55. The van der Waals surface area contributed by atoms with E-state index >= 15 is 0 Å². The molecule has 1 rings (SSSR count). The number of aliphatic carboxylic acids is 1. The molecule has 0 aliphatic rings. The van der Waals surface area contributed by atoms with Gasteiger partial charge >= 0.3 is 5.97 Å². The Morgan fingerprint density at radius 2 is 1.94 bits per heavy atom. The molecule has 16 heavy (non-hydrogen) atoms. The van der Waals surface area contributed by atoms with Crippen LogP contribution in [0.4, 0.5) is 0 Å². The SMILES string of the molecule is O=C(O)[C@H](CCc1ccccc1)C(=O)C=S. The van der Waals surface area contributed by atoms with E-state index in [1.807, 2.05) is 30.3 Å². The van der Waals surface area contributed by atoms with Crippen molar-refractivity contribution in [3.63, 3.8) is 0 Å². The van der Waals surface area contributed by atoms with Crippen molar-refractivity contribution in [2.45, 2.75) is 12.8 Å². The number of aryl methyl sites for hydroxylation is 1. The predicted octanol–water partition coefficient (Wildman–Crippen LogP) is 1.89. The van der Waals surface area contributed by atoms with Crippen molar-refractivity contribution in [1.82, 2.24) is 0 Å². The number of benzene rings is 1. The number of Topliss-reactive ketones (excluding diaryl/α,β-unsaturated/α-hetero) is 1. The molecule has 1 N–H and O–H groups in total. The van der Waals surface area contributed by atoms with E-state index in [4.69, 9.17) is 5.11 Å². The summed E-state index contributed by atoms with van der Waals surface area (Å²) in [5, 5.41) is 9.77. The van der Waals surface area contributed by atoms with E-state index < -0.39 is 17.7 Å². The molecule has 0 spiro atoms. The smallest absolute Gasteiger partial charge is 0.314 e. The van der Waals surface area contributed by atoms with Gasteiger partial charge in [-0.2, -0.15) is 0 Å². The highest BCUT2D eigenvalue weighted by molar-refractivity contribution is 7.80. The van der Waals surface area contributed by atoms with Crippen LogP contribution in [0, 0.1) is 5.92 Å². The zero-order valence-corrected chi connectivity index (χ0v) is 9.44. The van der Waals surface area contributed by atoms with E-state index in [0.717, 1.165) is 10.9 Å². The van der Waals surface area contributed by atoms with Crippen molar-refractivity contribution in [3.8, 4) is 0 Å². The number of rotatable bonds is 6. The molecule has 0 aromatic heterocycles. The minimum Gasteiger partial charge on any atom is -0.481 e. The van der Waals surface area contributed by atoms with Gasteiger partial charge in [-0.05, 0) is 18.4 Å². The van der Waals surface area contributed by atoms with Crippen LogP contribution in [0.2, 0.25) is 0 Å². The lowest BCUT2D eigenvalue weighted by molar-refractivity contribution is -0.144. The number of hydrogen-bond donors (Lipinski definition) is 1. The summed E-state index contributed by atoms with van der Waals surface area (Å²) < 4.78 is 0. The number of carbonyl (C=O) groups is 2. The standard InChI is InChI=1S/C12H12O3S/c13-11(8-16)10(12(14)15)7-6-9-4-2-1-3-5-9/h1-5,8,10H,6-7H2,(H,14,15)/t10-/m1/s1. The van der Waals surface area contributed by atoms with Crippen LogP contribution in [0.3, 0.4) is 0 Å². The van der Waals surface area contributed by atoms with Crippen LogP contribution in [0.25, 0.3) is 0 Å². The number of thiocarbonyl (C=S) groups is 1. The van der Waals surface area contributed by atoms with Crippen LogP contribution in [0.1, 0.15) is 12.0 Å². The first-order chi connectivity index (χ1) is 7.65. The third kappa shape index (κ3) is 3.55. The zero-order chi connectivity index (χ0) is 12.0.